The minimum absolute atomic E-state index is 0.0521. The molecule has 0 fully saturated rings. The number of amides is 2. The Labute approximate surface area is 185 Å². The molecule has 0 saturated heterocycles. The average molecular weight is 433 g/mol. The number of anilines is 2. The van der Waals surface area contributed by atoms with Gasteiger partial charge in [-0.05, 0) is 53.9 Å². The summed E-state index contributed by atoms with van der Waals surface area (Å²) in [4.78, 5) is 36.2. The first-order chi connectivity index (χ1) is 15.0. The maximum atomic E-state index is 13.1. The van der Waals surface area contributed by atoms with E-state index in [1.807, 2.05) is 36.4 Å². The summed E-state index contributed by atoms with van der Waals surface area (Å²) in [6, 6.07) is 18.4. The van der Waals surface area contributed by atoms with E-state index in [1.165, 1.54) is 10.5 Å². The van der Waals surface area contributed by atoms with Gasteiger partial charge in [0.05, 0.1) is 12.1 Å². The summed E-state index contributed by atoms with van der Waals surface area (Å²) in [6.07, 6.45) is 2.56. The number of aryl methyl sites for hydroxylation is 1. The van der Waals surface area contributed by atoms with Gasteiger partial charge in [-0.15, -0.1) is 0 Å². The Morgan fingerprint density at radius 2 is 1.84 bits per heavy atom. The molecule has 6 nitrogen and oxygen atoms in total. The van der Waals surface area contributed by atoms with Crippen molar-refractivity contribution in [3.63, 3.8) is 0 Å². The molecule has 2 aromatic carbocycles. The highest BCUT2D eigenvalue weighted by molar-refractivity contribution is 6.30. The summed E-state index contributed by atoms with van der Waals surface area (Å²) in [7, 11) is 0. The van der Waals surface area contributed by atoms with Crippen LogP contribution >= 0.6 is 11.6 Å². The SMILES string of the molecule is CCc1ccc(NC(=O)CN2C(=O)CC(c3ccc(Cl)cc3)=Nc3cccnc32)cc1. The number of aromatic nitrogens is 1. The number of pyridine rings is 1. The van der Waals surface area contributed by atoms with E-state index >= 15 is 0 Å². The molecule has 1 N–H and O–H groups in total. The number of carbonyl (C=O) groups is 2. The van der Waals surface area contributed by atoms with Gasteiger partial charge in [0, 0.05) is 16.9 Å². The molecule has 0 atom stereocenters. The molecule has 0 radical (unpaired) electrons. The van der Waals surface area contributed by atoms with Crippen molar-refractivity contribution < 1.29 is 9.59 Å². The first kappa shape index (κ1) is 20.8. The molecule has 2 heterocycles. The maximum absolute atomic E-state index is 13.1. The van der Waals surface area contributed by atoms with Crippen molar-refractivity contribution in [3.8, 4) is 0 Å². The number of benzene rings is 2. The molecule has 4 rings (SSSR count). The number of nitrogens with zero attached hydrogens (tertiary/aromatic N) is 3. The fourth-order valence-corrected chi connectivity index (χ4v) is 3.49. The van der Waals surface area contributed by atoms with Crippen LogP contribution in [0.25, 0.3) is 0 Å². The fourth-order valence-electron chi connectivity index (χ4n) is 3.37. The lowest BCUT2D eigenvalue weighted by Crippen LogP contribution is -2.38. The third kappa shape index (κ3) is 4.81. The van der Waals surface area contributed by atoms with Crippen LogP contribution in [0.15, 0.2) is 71.9 Å². The molecule has 3 aromatic rings. The van der Waals surface area contributed by atoms with Crippen molar-refractivity contribution in [2.24, 2.45) is 4.99 Å². The topological polar surface area (TPSA) is 74.7 Å². The van der Waals surface area contributed by atoms with Crippen LogP contribution in [0.1, 0.15) is 24.5 Å². The third-order valence-corrected chi connectivity index (χ3v) is 5.27. The van der Waals surface area contributed by atoms with Crippen molar-refractivity contribution in [1.82, 2.24) is 4.98 Å². The number of rotatable bonds is 5. The van der Waals surface area contributed by atoms with E-state index in [1.54, 1.807) is 30.5 Å². The van der Waals surface area contributed by atoms with Gasteiger partial charge < -0.3 is 5.32 Å². The monoisotopic (exact) mass is 432 g/mol. The van der Waals surface area contributed by atoms with Crippen molar-refractivity contribution in [3.05, 3.63) is 83.0 Å². The molecular weight excluding hydrogens is 412 g/mol. The van der Waals surface area contributed by atoms with Crippen LogP contribution in [-0.2, 0) is 16.0 Å². The number of carbonyl (C=O) groups excluding carboxylic acids is 2. The second kappa shape index (κ2) is 9.10. The summed E-state index contributed by atoms with van der Waals surface area (Å²) < 4.78 is 0. The maximum Gasteiger partial charge on any atom is 0.244 e. The van der Waals surface area contributed by atoms with Crippen molar-refractivity contribution in [1.29, 1.82) is 0 Å². The first-order valence-corrected chi connectivity index (χ1v) is 10.4. The van der Waals surface area contributed by atoms with Gasteiger partial charge >= 0.3 is 0 Å². The zero-order valence-electron chi connectivity index (χ0n) is 17.0. The van der Waals surface area contributed by atoms with Gasteiger partial charge in [-0.2, -0.15) is 0 Å². The lowest BCUT2D eigenvalue weighted by atomic mass is 10.1. The third-order valence-electron chi connectivity index (χ3n) is 5.02. The van der Waals surface area contributed by atoms with Crippen molar-refractivity contribution >= 4 is 46.3 Å². The molecule has 1 aliphatic heterocycles. The number of hydrogen-bond donors (Lipinski definition) is 1. The predicted octanol–water partition coefficient (Wildman–Crippen LogP) is 4.79. The smallest absolute Gasteiger partial charge is 0.244 e. The zero-order chi connectivity index (χ0) is 21.8. The van der Waals surface area contributed by atoms with Gasteiger partial charge in [-0.1, -0.05) is 42.8 Å². The molecule has 0 bridgehead atoms. The number of fused-ring (bicyclic) bond motifs is 1. The van der Waals surface area contributed by atoms with E-state index in [4.69, 9.17) is 11.6 Å². The van der Waals surface area contributed by atoms with Crippen molar-refractivity contribution in [2.45, 2.75) is 19.8 Å². The molecule has 0 unspecified atom stereocenters. The Hall–Kier alpha value is -3.51. The number of aliphatic imine (C=N–C) groups is 1. The first-order valence-electron chi connectivity index (χ1n) is 10.0. The van der Waals surface area contributed by atoms with E-state index in [-0.39, 0.29) is 24.8 Å². The summed E-state index contributed by atoms with van der Waals surface area (Å²) in [5.74, 6) is -0.181. The highest BCUT2D eigenvalue weighted by atomic mass is 35.5. The largest absolute Gasteiger partial charge is 0.325 e. The molecule has 1 aromatic heterocycles. The normalized spacial score (nSPS) is 13.3. The minimum atomic E-state index is -0.302. The summed E-state index contributed by atoms with van der Waals surface area (Å²) in [5.41, 5.74) is 3.82. The lowest BCUT2D eigenvalue weighted by Gasteiger charge is -2.20. The van der Waals surface area contributed by atoms with E-state index in [0.717, 1.165) is 12.0 Å². The summed E-state index contributed by atoms with van der Waals surface area (Å²) in [5, 5.41) is 3.46. The van der Waals surface area contributed by atoms with Crippen LogP contribution in [-0.4, -0.2) is 29.1 Å². The summed E-state index contributed by atoms with van der Waals surface area (Å²) >= 11 is 5.99. The van der Waals surface area contributed by atoms with Gasteiger partial charge in [0.1, 0.15) is 12.2 Å². The van der Waals surface area contributed by atoms with E-state index in [2.05, 4.69) is 22.2 Å². The molecule has 0 spiro atoms. The molecule has 1 aliphatic rings. The molecule has 0 aliphatic carbocycles. The van der Waals surface area contributed by atoms with E-state index < -0.39 is 0 Å². The quantitative estimate of drug-likeness (QED) is 0.629. The number of halogens is 1. The second-order valence-corrected chi connectivity index (χ2v) is 7.60. The number of nitrogens with one attached hydrogen (secondary N) is 1. The van der Waals surface area contributed by atoms with Gasteiger partial charge in [0.2, 0.25) is 11.8 Å². The molecule has 156 valence electrons. The van der Waals surface area contributed by atoms with Crippen LogP contribution < -0.4 is 10.2 Å². The average Bonchev–Trinajstić information content (AvgIpc) is 2.91. The highest BCUT2D eigenvalue weighted by Gasteiger charge is 2.27. The van der Waals surface area contributed by atoms with Gasteiger partial charge in [-0.25, -0.2) is 9.98 Å². The molecular formula is C24H21ClN4O2. The van der Waals surface area contributed by atoms with Gasteiger partial charge in [0.25, 0.3) is 0 Å². The second-order valence-electron chi connectivity index (χ2n) is 7.17. The van der Waals surface area contributed by atoms with Crippen LogP contribution in [0.4, 0.5) is 17.2 Å². The number of hydrogen-bond acceptors (Lipinski definition) is 4. The van der Waals surface area contributed by atoms with E-state index in [0.29, 0.717) is 27.9 Å². The highest BCUT2D eigenvalue weighted by Crippen LogP contribution is 2.31. The van der Waals surface area contributed by atoms with Gasteiger partial charge in [0.15, 0.2) is 5.82 Å². The predicted molar refractivity (Wildman–Crippen MR) is 123 cm³/mol. The molecule has 31 heavy (non-hydrogen) atoms. The van der Waals surface area contributed by atoms with Gasteiger partial charge in [-0.3, -0.25) is 14.5 Å². The zero-order valence-corrected chi connectivity index (χ0v) is 17.8. The Morgan fingerprint density at radius 1 is 1.10 bits per heavy atom. The van der Waals surface area contributed by atoms with E-state index in [9.17, 15) is 9.59 Å². The minimum Gasteiger partial charge on any atom is -0.325 e. The lowest BCUT2D eigenvalue weighted by molar-refractivity contribution is -0.120. The Morgan fingerprint density at radius 3 is 2.55 bits per heavy atom. The Balaban J connectivity index is 1.57. The summed E-state index contributed by atoms with van der Waals surface area (Å²) in [6.45, 7) is 1.92. The fraction of sp³-hybridized carbons (Fsp3) is 0.167. The van der Waals surface area contributed by atoms with Crippen LogP contribution in [0.3, 0.4) is 0 Å². The van der Waals surface area contributed by atoms with Crippen LogP contribution in [0.2, 0.25) is 5.02 Å². The van der Waals surface area contributed by atoms with Crippen LogP contribution in [0.5, 0.6) is 0 Å². The van der Waals surface area contributed by atoms with Crippen molar-refractivity contribution in [2.75, 3.05) is 16.8 Å². The molecule has 0 saturated carbocycles. The Bertz CT molecular complexity index is 1140. The van der Waals surface area contributed by atoms with Crippen LogP contribution in [0, 0.1) is 0 Å². The molecule has 7 heteroatoms. The molecule has 2 amide bonds. The Kier molecular flexibility index (Phi) is 6.09. The standard InChI is InChI=1S/C24H21ClN4O2/c1-2-16-5-11-19(12-6-16)27-22(30)15-29-23(31)14-21(17-7-9-18(25)10-8-17)28-20-4-3-13-26-24(20)29/h3-13H,2,14-15H2,1H3,(H,27,30).